The van der Waals surface area contributed by atoms with Crippen molar-refractivity contribution >= 4 is 23.7 Å². The molecule has 1 aliphatic heterocycles. The van der Waals surface area contributed by atoms with Gasteiger partial charge in [0.25, 0.3) is 5.91 Å². The standard InChI is InChI=1S/C17H23NO2S/c1-10(2)13-6-12(7-14(11(3)4)16(13)19)8-15-17(20)18(5)9-21-15/h6-8,10-11,19H,9H2,1-5H3. The molecule has 0 aliphatic carbocycles. The number of likely N-dealkylation sites (N-methyl/N-ethyl adjacent to an activating group) is 1. The molecule has 3 nitrogen and oxygen atoms in total. The molecule has 2 rings (SSSR count). The van der Waals surface area contributed by atoms with Crippen LogP contribution in [0.1, 0.15) is 56.2 Å². The Kier molecular flexibility index (Phi) is 4.67. The smallest absolute Gasteiger partial charge is 0.260 e. The van der Waals surface area contributed by atoms with Crippen molar-refractivity contribution in [1.82, 2.24) is 4.90 Å². The van der Waals surface area contributed by atoms with E-state index >= 15 is 0 Å². The van der Waals surface area contributed by atoms with Crippen molar-refractivity contribution in [3.63, 3.8) is 0 Å². The maximum Gasteiger partial charge on any atom is 0.260 e. The third kappa shape index (κ3) is 3.26. The van der Waals surface area contributed by atoms with E-state index < -0.39 is 0 Å². The lowest BCUT2D eigenvalue weighted by Gasteiger charge is -2.16. The number of phenols is 1. The van der Waals surface area contributed by atoms with Gasteiger partial charge in [-0.05, 0) is 46.7 Å². The summed E-state index contributed by atoms with van der Waals surface area (Å²) in [7, 11) is 1.81. The Morgan fingerprint density at radius 3 is 2.10 bits per heavy atom. The molecule has 1 N–H and O–H groups in total. The fourth-order valence-corrected chi connectivity index (χ4v) is 3.35. The van der Waals surface area contributed by atoms with Crippen LogP contribution in [0.5, 0.6) is 5.75 Å². The van der Waals surface area contributed by atoms with E-state index in [2.05, 4.69) is 27.7 Å². The normalized spacial score (nSPS) is 17.6. The maximum absolute atomic E-state index is 12.0. The van der Waals surface area contributed by atoms with Crippen LogP contribution in [-0.2, 0) is 4.79 Å². The molecular weight excluding hydrogens is 282 g/mol. The molecule has 0 unspecified atom stereocenters. The van der Waals surface area contributed by atoms with Gasteiger partial charge in [0.15, 0.2) is 0 Å². The molecule has 21 heavy (non-hydrogen) atoms. The second kappa shape index (κ2) is 6.14. The van der Waals surface area contributed by atoms with E-state index in [0.717, 1.165) is 21.6 Å². The van der Waals surface area contributed by atoms with E-state index in [-0.39, 0.29) is 17.7 Å². The van der Waals surface area contributed by atoms with Crippen LogP contribution in [0.2, 0.25) is 0 Å². The molecule has 4 heteroatoms. The topological polar surface area (TPSA) is 40.5 Å². The van der Waals surface area contributed by atoms with Gasteiger partial charge in [-0.1, -0.05) is 39.5 Å². The van der Waals surface area contributed by atoms with Gasteiger partial charge < -0.3 is 10.0 Å². The largest absolute Gasteiger partial charge is 0.507 e. The number of rotatable bonds is 3. The number of hydrogen-bond acceptors (Lipinski definition) is 3. The molecule has 1 aromatic carbocycles. The zero-order valence-electron chi connectivity index (χ0n) is 13.3. The molecule has 0 radical (unpaired) electrons. The summed E-state index contributed by atoms with van der Waals surface area (Å²) in [5, 5.41) is 10.4. The molecule has 0 aromatic heterocycles. The Morgan fingerprint density at radius 2 is 1.71 bits per heavy atom. The molecule has 0 atom stereocenters. The fraction of sp³-hybridized carbons (Fsp3) is 0.471. The zero-order chi connectivity index (χ0) is 15.7. The summed E-state index contributed by atoms with van der Waals surface area (Å²) < 4.78 is 0. The molecule has 1 aliphatic rings. The summed E-state index contributed by atoms with van der Waals surface area (Å²) >= 11 is 1.56. The van der Waals surface area contributed by atoms with Crippen molar-refractivity contribution in [2.24, 2.45) is 0 Å². The quantitative estimate of drug-likeness (QED) is 0.853. The number of benzene rings is 1. The first-order valence-electron chi connectivity index (χ1n) is 7.28. The Bertz CT molecular complexity index is 561. The van der Waals surface area contributed by atoms with Crippen molar-refractivity contribution < 1.29 is 9.90 Å². The summed E-state index contributed by atoms with van der Waals surface area (Å²) in [6, 6.07) is 3.98. The first kappa shape index (κ1) is 16.0. The van der Waals surface area contributed by atoms with Gasteiger partial charge >= 0.3 is 0 Å². The molecule has 1 saturated heterocycles. The molecular formula is C17H23NO2S. The number of phenolic OH excluding ortho intramolecular Hbond substituents is 1. The number of hydrogen-bond donors (Lipinski definition) is 1. The maximum atomic E-state index is 12.0. The van der Waals surface area contributed by atoms with Crippen LogP contribution in [0.4, 0.5) is 0 Å². The highest BCUT2D eigenvalue weighted by Gasteiger charge is 2.23. The third-order valence-corrected chi connectivity index (χ3v) is 4.82. The summed E-state index contributed by atoms with van der Waals surface area (Å²) in [4.78, 5) is 14.5. The van der Waals surface area contributed by atoms with Crippen molar-refractivity contribution in [1.29, 1.82) is 0 Å². The van der Waals surface area contributed by atoms with Crippen LogP contribution in [-0.4, -0.2) is 28.8 Å². The molecule has 0 spiro atoms. The second-order valence-electron chi connectivity index (χ2n) is 6.14. The Hall–Kier alpha value is -1.42. The number of carbonyl (C=O) groups excluding carboxylic acids is 1. The number of aromatic hydroxyl groups is 1. The summed E-state index contributed by atoms with van der Waals surface area (Å²) in [6.07, 6.45) is 1.94. The first-order chi connectivity index (χ1) is 9.81. The van der Waals surface area contributed by atoms with Gasteiger partial charge in [0, 0.05) is 7.05 Å². The highest BCUT2D eigenvalue weighted by molar-refractivity contribution is 8.04. The lowest BCUT2D eigenvalue weighted by Crippen LogP contribution is -2.18. The van der Waals surface area contributed by atoms with E-state index in [9.17, 15) is 9.90 Å². The Morgan fingerprint density at radius 1 is 1.19 bits per heavy atom. The van der Waals surface area contributed by atoms with Gasteiger partial charge in [-0.25, -0.2) is 0 Å². The summed E-state index contributed by atoms with van der Waals surface area (Å²) in [5.41, 5.74) is 2.88. The minimum absolute atomic E-state index is 0.0743. The van der Waals surface area contributed by atoms with E-state index in [1.165, 1.54) is 0 Å². The van der Waals surface area contributed by atoms with Crippen LogP contribution in [0.15, 0.2) is 17.0 Å². The number of thioether (sulfide) groups is 1. The van der Waals surface area contributed by atoms with Gasteiger partial charge in [-0.3, -0.25) is 4.79 Å². The lowest BCUT2D eigenvalue weighted by atomic mass is 9.91. The van der Waals surface area contributed by atoms with E-state index in [0.29, 0.717) is 11.6 Å². The molecule has 1 amide bonds. The van der Waals surface area contributed by atoms with Crippen molar-refractivity contribution in [3.05, 3.63) is 33.7 Å². The molecule has 0 saturated carbocycles. The minimum Gasteiger partial charge on any atom is -0.507 e. The van der Waals surface area contributed by atoms with E-state index in [1.807, 2.05) is 25.3 Å². The predicted octanol–water partition coefficient (Wildman–Crippen LogP) is 4.14. The SMILES string of the molecule is CC(C)c1cc(C=C2SCN(C)C2=O)cc(C(C)C)c1O. The van der Waals surface area contributed by atoms with Crippen LogP contribution in [0, 0.1) is 0 Å². The molecule has 0 bridgehead atoms. The monoisotopic (exact) mass is 305 g/mol. The highest BCUT2D eigenvalue weighted by atomic mass is 32.2. The second-order valence-corrected chi connectivity index (χ2v) is 7.13. The van der Waals surface area contributed by atoms with E-state index in [4.69, 9.17) is 0 Å². The van der Waals surface area contributed by atoms with Crippen molar-refractivity contribution in [3.8, 4) is 5.75 Å². The fourth-order valence-electron chi connectivity index (χ4n) is 2.40. The lowest BCUT2D eigenvalue weighted by molar-refractivity contribution is -0.123. The van der Waals surface area contributed by atoms with Crippen LogP contribution < -0.4 is 0 Å². The molecule has 1 heterocycles. The highest BCUT2D eigenvalue weighted by Crippen LogP contribution is 2.36. The number of amides is 1. The average Bonchev–Trinajstić information content (AvgIpc) is 2.71. The number of carbonyl (C=O) groups is 1. The van der Waals surface area contributed by atoms with Crippen LogP contribution in [0.25, 0.3) is 6.08 Å². The minimum atomic E-state index is 0.0743. The van der Waals surface area contributed by atoms with Gasteiger partial charge in [0.05, 0.1) is 10.8 Å². The van der Waals surface area contributed by atoms with Crippen LogP contribution in [0.3, 0.4) is 0 Å². The van der Waals surface area contributed by atoms with Crippen molar-refractivity contribution in [2.45, 2.75) is 39.5 Å². The Labute approximate surface area is 131 Å². The van der Waals surface area contributed by atoms with Gasteiger partial charge in [-0.2, -0.15) is 0 Å². The van der Waals surface area contributed by atoms with Gasteiger partial charge in [0.2, 0.25) is 0 Å². The zero-order valence-corrected chi connectivity index (χ0v) is 14.1. The van der Waals surface area contributed by atoms with Gasteiger partial charge in [-0.15, -0.1) is 0 Å². The average molecular weight is 305 g/mol. The van der Waals surface area contributed by atoms with Crippen LogP contribution >= 0.6 is 11.8 Å². The summed E-state index contributed by atoms with van der Waals surface area (Å²) in [6.45, 7) is 8.28. The molecule has 1 aromatic rings. The third-order valence-electron chi connectivity index (χ3n) is 3.70. The van der Waals surface area contributed by atoms with Crippen molar-refractivity contribution in [2.75, 3.05) is 12.9 Å². The summed E-state index contributed by atoms with van der Waals surface area (Å²) in [5.74, 6) is 1.66. The first-order valence-corrected chi connectivity index (χ1v) is 8.26. The Balaban J connectivity index is 2.50. The predicted molar refractivity (Wildman–Crippen MR) is 89.5 cm³/mol. The number of nitrogens with zero attached hydrogens (tertiary/aromatic N) is 1. The van der Waals surface area contributed by atoms with E-state index in [1.54, 1.807) is 16.7 Å². The molecule has 114 valence electrons. The van der Waals surface area contributed by atoms with Gasteiger partial charge in [0.1, 0.15) is 5.75 Å². The molecule has 1 fully saturated rings.